The number of hydrogen-bond acceptors (Lipinski definition) is 4. The normalized spacial score (nSPS) is 14.8. The predicted octanol–water partition coefficient (Wildman–Crippen LogP) is 4.54. The molecule has 0 N–H and O–H groups in total. The van der Waals surface area contributed by atoms with Crippen molar-refractivity contribution in [2.24, 2.45) is 0 Å². The lowest BCUT2D eigenvalue weighted by Crippen LogP contribution is -2.46. The van der Waals surface area contributed by atoms with E-state index in [9.17, 15) is 9.59 Å². The molecule has 1 saturated carbocycles. The fourth-order valence-electron chi connectivity index (χ4n) is 4.87. The summed E-state index contributed by atoms with van der Waals surface area (Å²) in [6, 6.07) is 15.5. The van der Waals surface area contributed by atoms with E-state index < -0.39 is 5.97 Å². The van der Waals surface area contributed by atoms with Crippen LogP contribution in [0.15, 0.2) is 59.5 Å². The maximum absolute atomic E-state index is 12.8. The molecule has 166 valence electrons. The van der Waals surface area contributed by atoms with Gasteiger partial charge in [0.1, 0.15) is 11.3 Å². The van der Waals surface area contributed by atoms with Crippen molar-refractivity contribution in [1.82, 2.24) is 4.57 Å². The van der Waals surface area contributed by atoms with Crippen LogP contribution < -0.4 is 10.2 Å². The molecule has 2 heterocycles. The molecule has 5 rings (SSSR count). The molecule has 0 unspecified atom stereocenters. The van der Waals surface area contributed by atoms with E-state index in [-0.39, 0.29) is 23.1 Å². The summed E-state index contributed by atoms with van der Waals surface area (Å²) in [6.45, 7) is 1.97. The first-order chi connectivity index (χ1) is 16.0. The number of hydrogen-bond donors (Lipinski definition) is 0. The zero-order valence-corrected chi connectivity index (χ0v) is 18.8. The van der Waals surface area contributed by atoms with Crippen LogP contribution in [0, 0.1) is 11.8 Å². The fourth-order valence-corrected chi connectivity index (χ4v) is 4.87. The van der Waals surface area contributed by atoms with Crippen LogP contribution in [0.1, 0.15) is 53.2 Å². The number of esters is 1. The second-order valence-corrected chi connectivity index (χ2v) is 8.61. The highest BCUT2D eigenvalue weighted by molar-refractivity contribution is 5.89. The standard InChI is InChI=1S/C28H25NO4/c1-3-33-27(31)23-18-29-24(16-25(23)30)22-15-26(32-2)20(11-10-19-8-5-4-6-9-19)14-21(22)17-28(29)12-7-13-28/h4-6,8-9,14-16,18H,3,7,12-13,17H2,1-2H3. The molecule has 1 aromatic heterocycles. The molecule has 2 aliphatic rings. The molecule has 0 radical (unpaired) electrons. The van der Waals surface area contributed by atoms with Crippen LogP contribution in [-0.2, 0) is 16.7 Å². The Kier molecular flexibility index (Phi) is 5.30. The molecule has 33 heavy (non-hydrogen) atoms. The second kappa shape index (κ2) is 8.29. The van der Waals surface area contributed by atoms with E-state index in [4.69, 9.17) is 9.47 Å². The van der Waals surface area contributed by atoms with Crippen LogP contribution in [-0.4, -0.2) is 24.3 Å². The third-order valence-electron chi connectivity index (χ3n) is 6.68. The van der Waals surface area contributed by atoms with Gasteiger partial charge >= 0.3 is 5.97 Å². The van der Waals surface area contributed by atoms with Gasteiger partial charge in [-0.05, 0) is 62.4 Å². The first-order valence-corrected chi connectivity index (χ1v) is 11.3. The number of nitrogens with zero attached hydrogens (tertiary/aromatic N) is 1. The van der Waals surface area contributed by atoms with Crippen LogP contribution in [0.2, 0.25) is 0 Å². The quantitative estimate of drug-likeness (QED) is 0.444. The Morgan fingerprint density at radius 2 is 1.91 bits per heavy atom. The van der Waals surface area contributed by atoms with Gasteiger partial charge < -0.3 is 14.0 Å². The maximum Gasteiger partial charge on any atom is 0.343 e. The SMILES string of the molecule is CCOC(=O)c1cn2c(cc1=O)-c1cc(OC)c(C#Cc3ccccc3)cc1CC21CCC1. The molecule has 1 aliphatic heterocycles. The average Bonchev–Trinajstić information content (AvgIpc) is 2.81. The van der Waals surface area contributed by atoms with Crippen molar-refractivity contribution in [1.29, 1.82) is 0 Å². The van der Waals surface area contributed by atoms with Crippen LogP contribution in [0.25, 0.3) is 11.3 Å². The van der Waals surface area contributed by atoms with E-state index >= 15 is 0 Å². The molecule has 1 spiro atoms. The average molecular weight is 440 g/mol. The van der Waals surface area contributed by atoms with Gasteiger partial charge in [0.15, 0.2) is 5.43 Å². The molecule has 0 atom stereocenters. The molecular weight excluding hydrogens is 414 g/mol. The lowest BCUT2D eigenvalue weighted by atomic mass is 9.69. The molecule has 0 saturated heterocycles. The Hall–Kier alpha value is -3.78. The Bertz CT molecular complexity index is 1350. The topological polar surface area (TPSA) is 57.5 Å². The van der Waals surface area contributed by atoms with Gasteiger partial charge in [0.2, 0.25) is 0 Å². The van der Waals surface area contributed by atoms with Crippen molar-refractivity contribution in [3.05, 3.63) is 87.2 Å². The second-order valence-electron chi connectivity index (χ2n) is 8.61. The van der Waals surface area contributed by atoms with E-state index in [0.717, 1.165) is 53.6 Å². The van der Waals surface area contributed by atoms with E-state index in [1.165, 1.54) is 0 Å². The summed E-state index contributed by atoms with van der Waals surface area (Å²) in [5.74, 6) is 6.57. The Morgan fingerprint density at radius 1 is 1.12 bits per heavy atom. The molecule has 5 heteroatoms. The maximum atomic E-state index is 12.8. The number of benzene rings is 2. The first kappa shape index (κ1) is 21.1. The van der Waals surface area contributed by atoms with Crippen molar-refractivity contribution in [2.75, 3.05) is 13.7 Å². The minimum Gasteiger partial charge on any atom is -0.495 e. The van der Waals surface area contributed by atoms with Crippen LogP contribution in [0.5, 0.6) is 5.75 Å². The molecule has 0 bridgehead atoms. The summed E-state index contributed by atoms with van der Waals surface area (Å²) in [4.78, 5) is 25.2. The van der Waals surface area contributed by atoms with Crippen LogP contribution >= 0.6 is 0 Å². The fraction of sp³-hybridized carbons (Fsp3) is 0.286. The summed E-state index contributed by atoms with van der Waals surface area (Å²) >= 11 is 0. The van der Waals surface area contributed by atoms with Crippen molar-refractivity contribution >= 4 is 5.97 Å². The highest BCUT2D eigenvalue weighted by Crippen LogP contribution is 2.49. The third-order valence-corrected chi connectivity index (χ3v) is 6.68. The van der Waals surface area contributed by atoms with Gasteiger partial charge in [0.05, 0.1) is 25.0 Å². The number of carbonyl (C=O) groups is 1. The lowest BCUT2D eigenvalue weighted by Gasteiger charge is -2.48. The Morgan fingerprint density at radius 3 is 2.58 bits per heavy atom. The number of carbonyl (C=O) groups excluding carboxylic acids is 1. The van der Waals surface area contributed by atoms with Crippen molar-refractivity contribution < 1.29 is 14.3 Å². The molecule has 0 amide bonds. The molecule has 2 aromatic carbocycles. The van der Waals surface area contributed by atoms with Crippen molar-refractivity contribution in [3.8, 4) is 28.8 Å². The third kappa shape index (κ3) is 3.62. The van der Waals surface area contributed by atoms with Gasteiger partial charge in [-0.1, -0.05) is 30.0 Å². The zero-order valence-electron chi connectivity index (χ0n) is 18.8. The minimum absolute atomic E-state index is 0.0904. The zero-order chi connectivity index (χ0) is 23.0. The molecule has 5 nitrogen and oxygen atoms in total. The number of pyridine rings is 1. The lowest BCUT2D eigenvalue weighted by molar-refractivity contribution is 0.0521. The summed E-state index contributed by atoms with van der Waals surface area (Å²) in [7, 11) is 1.63. The summed E-state index contributed by atoms with van der Waals surface area (Å²) in [6.07, 6.45) is 5.65. The van der Waals surface area contributed by atoms with Crippen LogP contribution in [0.3, 0.4) is 0 Å². The molecule has 3 aromatic rings. The summed E-state index contributed by atoms with van der Waals surface area (Å²) in [5.41, 5.74) is 4.31. The predicted molar refractivity (Wildman–Crippen MR) is 127 cm³/mol. The molecular formula is C28H25NO4. The van der Waals surface area contributed by atoms with Crippen molar-refractivity contribution in [3.63, 3.8) is 0 Å². The van der Waals surface area contributed by atoms with E-state index in [1.807, 2.05) is 36.4 Å². The Labute approximate surface area is 193 Å². The van der Waals surface area contributed by atoms with Gasteiger partial charge in [0.25, 0.3) is 0 Å². The highest BCUT2D eigenvalue weighted by atomic mass is 16.5. The molecule has 1 fully saturated rings. The minimum atomic E-state index is -0.567. The van der Waals surface area contributed by atoms with Gasteiger partial charge in [0, 0.05) is 28.9 Å². The van der Waals surface area contributed by atoms with E-state index in [0.29, 0.717) is 5.75 Å². The smallest absolute Gasteiger partial charge is 0.343 e. The summed E-state index contributed by atoms with van der Waals surface area (Å²) < 4.78 is 12.9. The molecule has 1 aliphatic carbocycles. The monoisotopic (exact) mass is 439 g/mol. The van der Waals surface area contributed by atoms with Gasteiger partial charge in [-0.2, -0.15) is 0 Å². The van der Waals surface area contributed by atoms with Crippen molar-refractivity contribution in [2.45, 2.75) is 38.1 Å². The van der Waals surface area contributed by atoms with E-state index in [2.05, 4.69) is 22.5 Å². The number of methoxy groups -OCH3 is 1. The van der Waals surface area contributed by atoms with Gasteiger partial charge in [-0.3, -0.25) is 4.79 Å². The van der Waals surface area contributed by atoms with E-state index in [1.54, 1.807) is 26.3 Å². The van der Waals surface area contributed by atoms with Crippen LogP contribution in [0.4, 0.5) is 0 Å². The number of fused-ring (bicyclic) bond motifs is 4. The summed E-state index contributed by atoms with van der Waals surface area (Å²) in [5, 5.41) is 0. The number of aromatic nitrogens is 1. The number of rotatable bonds is 3. The Balaban J connectivity index is 1.65. The first-order valence-electron chi connectivity index (χ1n) is 11.3. The number of ether oxygens (including phenoxy) is 2. The van der Waals surface area contributed by atoms with Gasteiger partial charge in [-0.25, -0.2) is 4.79 Å². The van der Waals surface area contributed by atoms with Gasteiger partial charge in [-0.15, -0.1) is 0 Å². The largest absolute Gasteiger partial charge is 0.495 e. The highest BCUT2D eigenvalue weighted by Gasteiger charge is 2.43.